The first-order valence-corrected chi connectivity index (χ1v) is 10.2. The van der Waals surface area contributed by atoms with E-state index >= 15 is 0 Å². The monoisotopic (exact) mass is 416 g/mol. The van der Waals surface area contributed by atoms with Crippen LogP contribution in [0.2, 0.25) is 5.02 Å². The number of amidine groups is 1. The Kier molecular flexibility index (Phi) is 6.32. The van der Waals surface area contributed by atoms with Gasteiger partial charge in [-0.2, -0.15) is 15.2 Å². The highest BCUT2D eigenvalue weighted by Gasteiger charge is 2.22. The molecule has 1 saturated carbocycles. The molecular formula is C20H21ClN4O2S. The topological polar surface area (TPSA) is 79.7 Å². The minimum absolute atomic E-state index is 0.00502. The lowest BCUT2D eigenvalue weighted by Crippen LogP contribution is -2.26. The summed E-state index contributed by atoms with van der Waals surface area (Å²) in [6.45, 7) is 4.30. The minimum Gasteiger partial charge on any atom is -0.496 e. The number of nitrogens with zero attached hydrogens (tertiary/aromatic N) is 4. The summed E-state index contributed by atoms with van der Waals surface area (Å²) in [6.07, 6.45) is 5.40. The van der Waals surface area contributed by atoms with Gasteiger partial charge in [-0.25, -0.2) is 0 Å². The summed E-state index contributed by atoms with van der Waals surface area (Å²) in [4.78, 5) is 21.9. The number of nitriles is 1. The van der Waals surface area contributed by atoms with E-state index < -0.39 is 0 Å². The molecule has 6 nitrogen and oxygen atoms in total. The van der Waals surface area contributed by atoms with Gasteiger partial charge in [0.2, 0.25) is 6.19 Å². The Labute approximate surface area is 172 Å². The van der Waals surface area contributed by atoms with Crippen molar-refractivity contribution in [2.45, 2.75) is 39.7 Å². The molecule has 146 valence electrons. The second kappa shape index (κ2) is 8.72. The average Bonchev–Trinajstić information content (AvgIpc) is 2.93. The summed E-state index contributed by atoms with van der Waals surface area (Å²) in [5.41, 5.74) is 1.43. The number of carbonyl (C=O) groups excluding carboxylic acids is 1. The molecule has 3 rings (SSSR count). The number of ketones is 1. The molecule has 0 bridgehead atoms. The van der Waals surface area contributed by atoms with E-state index in [1.807, 2.05) is 13.1 Å². The van der Waals surface area contributed by atoms with Gasteiger partial charge in [0.25, 0.3) is 0 Å². The first-order chi connectivity index (χ1) is 13.4. The van der Waals surface area contributed by atoms with Crippen molar-refractivity contribution < 1.29 is 9.53 Å². The van der Waals surface area contributed by atoms with Crippen molar-refractivity contribution in [2.75, 3.05) is 7.11 Å². The van der Waals surface area contributed by atoms with Crippen LogP contribution in [-0.2, 0) is 6.54 Å². The lowest BCUT2D eigenvalue weighted by Gasteiger charge is -2.26. The molecule has 1 heterocycles. The molecule has 1 aromatic heterocycles. The number of halogens is 1. The highest BCUT2D eigenvalue weighted by molar-refractivity contribution is 7.11. The van der Waals surface area contributed by atoms with Gasteiger partial charge in [0.05, 0.1) is 17.6 Å². The number of aliphatic imine (C=N–C) groups is 1. The zero-order valence-electron chi connectivity index (χ0n) is 16.0. The maximum absolute atomic E-state index is 12.1. The number of ether oxygens (including phenoxy) is 1. The summed E-state index contributed by atoms with van der Waals surface area (Å²) >= 11 is 7.46. The second-order valence-corrected chi connectivity index (χ2v) is 8.17. The molecule has 1 aliphatic carbocycles. The van der Waals surface area contributed by atoms with E-state index in [0.29, 0.717) is 31.9 Å². The highest BCUT2D eigenvalue weighted by Crippen LogP contribution is 2.29. The SMILES string of the molecule is COc1ccc(Cl)cc1C(/N=c1\sc(C(C)=O)c(C)n1CC1CCC1)=N\C#N. The fraction of sp³-hybridized carbons (Fsp3) is 0.400. The molecular weight excluding hydrogens is 396 g/mol. The van der Waals surface area contributed by atoms with Crippen LogP contribution < -0.4 is 9.54 Å². The van der Waals surface area contributed by atoms with Gasteiger partial charge in [0.1, 0.15) is 5.75 Å². The molecule has 1 aliphatic rings. The van der Waals surface area contributed by atoms with Gasteiger partial charge in [-0.05, 0) is 43.9 Å². The van der Waals surface area contributed by atoms with E-state index in [2.05, 4.69) is 14.6 Å². The van der Waals surface area contributed by atoms with Gasteiger partial charge >= 0.3 is 0 Å². The van der Waals surface area contributed by atoms with Crippen LogP contribution in [-0.4, -0.2) is 23.3 Å². The molecule has 2 aromatic rings. The Bertz CT molecular complexity index is 1040. The third-order valence-corrected chi connectivity index (χ3v) is 6.42. The smallest absolute Gasteiger partial charge is 0.207 e. The Morgan fingerprint density at radius 3 is 2.79 bits per heavy atom. The molecule has 0 unspecified atom stereocenters. The number of aromatic nitrogens is 1. The van der Waals surface area contributed by atoms with Gasteiger partial charge in [-0.1, -0.05) is 29.4 Å². The predicted octanol–water partition coefficient (Wildman–Crippen LogP) is 4.35. The van der Waals surface area contributed by atoms with Crippen LogP contribution in [0.25, 0.3) is 0 Å². The van der Waals surface area contributed by atoms with Crippen molar-refractivity contribution in [3.05, 3.63) is 44.2 Å². The van der Waals surface area contributed by atoms with Crippen molar-refractivity contribution in [1.29, 1.82) is 5.26 Å². The molecule has 28 heavy (non-hydrogen) atoms. The van der Waals surface area contributed by atoms with Crippen molar-refractivity contribution >= 4 is 34.6 Å². The molecule has 0 atom stereocenters. The van der Waals surface area contributed by atoms with Crippen LogP contribution >= 0.6 is 22.9 Å². The third-order valence-electron chi connectivity index (χ3n) is 4.90. The Hall–Kier alpha value is -2.43. The number of methoxy groups -OCH3 is 1. The number of benzene rings is 1. The van der Waals surface area contributed by atoms with Crippen molar-refractivity contribution in [1.82, 2.24) is 4.57 Å². The molecule has 1 aromatic carbocycles. The third kappa shape index (κ3) is 4.18. The van der Waals surface area contributed by atoms with Gasteiger partial charge in [-0.15, -0.1) is 0 Å². The Morgan fingerprint density at radius 2 is 2.21 bits per heavy atom. The summed E-state index contributed by atoms with van der Waals surface area (Å²) in [6, 6.07) is 5.08. The molecule has 0 saturated heterocycles. The number of rotatable bonds is 5. The number of Topliss-reactive ketones (excluding diaryl/α,β-unsaturated/α-hetero) is 1. The second-order valence-electron chi connectivity index (χ2n) is 6.75. The predicted molar refractivity (Wildman–Crippen MR) is 110 cm³/mol. The van der Waals surface area contributed by atoms with Crippen molar-refractivity contribution in [3.8, 4) is 11.9 Å². The van der Waals surface area contributed by atoms with Gasteiger partial charge < -0.3 is 9.30 Å². The zero-order valence-corrected chi connectivity index (χ0v) is 17.6. The summed E-state index contributed by atoms with van der Waals surface area (Å²) < 4.78 is 7.45. The molecule has 0 spiro atoms. The first kappa shape index (κ1) is 20.3. The van der Waals surface area contributed by atoms with Crippen LogP contribution in [0, 0.1) is 24.3 Å². The van der Waals surface area contributed by atoms with E-state index in [1.54, 1.807) is 25.1 Å². The van der Waals surface area contributed by atoms with E-state index in [4.69, 9.17) is 16.3 Å². The van der Waals surface area contributed by atoms with Crippen molar-refractivity contribution in [2.24, 2.45) is 15.9 Å². The highest BCUT2D eigenvalue weighted by atomic mass is 35.5. The molecule has 1 fully saturated rings. The molecule has 0 amide bonds. The van der Waals surface area contributed by atoms with Crippen LogP contribution in [0.4, 0.5) is 0 Å². The van der Waals surface area contributed by atoms with E-state index in [-0.39, 0.29) is 11.6 Å². The molecule has 0 radical (unpaired) electrons. The first-order valence-electron chi connectivity index (χ1n) is 9.01. The van der Waals surface area contributed by atoms with Crippen LogP contribution in [0.15, 0.2) is 28.2 Å². The molecule has 0 N–H and O–H groups in total. The summed E-state index contributed by atoms with van der Waals surface area (Å²) in [5, 5.41) is 9.68. The fourth-order valence-corrected chi connectivity index (χ4v) is 4.39. The normalized spacial score (nSPS) is 15.2. The largest absolute Gasteiger partial charge is 0.496 e. The minimum atomic E-state index is 0.00502. The van der Waals surface area contributed by atoms with Gasteiger partial charge in [0.15, 0.2) is 16.4 Å². The molecule has 8 heteroatoms. The fourth-order valence-electron chi connectivity index (χ4n) is 3.18. The number of thiazole rings is 1. The van der Waals surface area contributed by atoms with E-state index in [0.717, 1.165) is 12.2 Å². The average molecular weight is 417 g/mol. The van der Waals surface area contributed by atoms with Gasteiger partial charge in [0, 0.05) is 24.2 Å². The quantitative estimate of drug-likeness (QED) is 0.314. The van der Waals surface area contributed by atoms with E-state index in [1.165, 1.54) is 37.7 Å². The van der Waals surface area contributed by atoms with Crippen LogP contribution in [0.1, 0.15) is 47.1 Å². The van der Waals surface area contributed by atoms with Crippen LogP contribution in [0.5, 0.6) is 5.75 Å². The van der Waals surface area contributed by atoms with E-state index in [9.17, 15) is 10.1 Å². The number of carbonyl (C=O) groups is 1. The Balaban J connectivity index is 2.17. The maximum atomic E-state index is 12.1. The van der Waals surface area contributed by atoms with Crippen molar-refractivity contribution in [3.63, 3.8) is 0 Å². The van der Waals surface area contributed by atoms with Gasteiger partial charge in [-0.3, -0.25) is 4.79 Å². The standard InChI is InChI=1S/C20H21ClN4O2S/c1-12-18(13(2)26)28-20(25(12)10-14-5-4-6-14)24-19(23-11-22)16-9-15(21)7-8-17(16)27-3/h7-9,14H,4-6,10H2,1-3H3/b23-19+,24-20-. The Morgan fingerprint density at radius 1 is 1.46 bits per heavy atom. The lowest BCUT2D eigenvalue weighted by molar-refractivity contribution is 0.102. The summed E-state index contributed by atoms with van der Waals surface area (Å²) in [5.74, 6) is 1.32. The maximum Gasteiger partial charge on any atom is 0.207 e. The molecule has 0 aliphatic heterocycles. The number of hydrogen-bond donors (Lipinski definition) is 0. The van der Waals surface area contributed by atoms with Crippen LogP contribution in [0.3, 0.4) is 0 Å². The zero-order chi connectivity index (χ0) is 20.3. The number of hydrogen-bond acceptors (Lipinski definition) is 5. The lowest BCUT2D eigenvalue weighted by atomic mass is 9.85. The summed E-state index contributed by atoms with van der Waals surface area (Å²) in [7, 11) is 1.54.